The van der Waals surface area contributed by atoms with E-state index in [1.807, 2.05) is 6.20 Å². The topological polar surface area (TPSA) is 14.1 Å². The number of hydrogen-bond donors (Lipinski definition) is 0. The highest BCUT2D eigenvalue weighted by molar-refractivity contribution is 5.44. The van der Waals surface area contributed by atoms with Gasteiger partial charge in [-0.15, -0.1) is 0 Å². The van der Waals surface area contributed by atoms with Gasteiger partial charge in [-0.1, -0.05) is 186 Å². The summed E-state index contributed by atoms with van der Waals surface area (Å²) in [6, 6.07) is 0. The molecule has 0 bridgehead atoms. The first-order valence-corrected chi connectivity index (χ1v) is 17.8. The quantitative estimate of drug-likeness (QED) is 0.0807. The lowest BCUT2D eigenvalue weighted by Crippen LogP contribution is -1.89. The van der Waals surface area contributed by atoms with Gasteiger partial charge in [0.1, 0.15) is 0 Å². The van der Waals surface area contributed by atoms with E-state index in [0.717, 1.165) is 5.70 Å². The fraction of sp³-hybridized carbons (Fsp3) is 0.789. The summed E-state index contributed by atoms with van der Waals surface area (Å²) < 4.78 is 0. The maximum Gasteiger partial charge on any atom is 0.0699 e. The Balaban J connectivity index is 1.93. The van der Waals surface area contributed by atoms with Crippen LogP contribution in [0, 0.1) is 0 Å². The minimum atomic E-state index is 1.14. The molecule has 0 unspecified atom stereocenters. The molecule has 225 valence electrons. The second kappa shape index (κ2) is 29.7. The Kier molecular flexibility index (Phi) is 27.3. The molecule has 0 atom stereocenters. The van der Waals surface area contributed by atoms with Crippen molar-refractivity contribution >= 4 is 0 Å². The molecule has 0 aromatic carbocycles. The van der Waals surface area contributed by atoms with Crippen molar-refractivity contribution in [3.05, 3.63) is 47.9 Å². The minimum absolute atomic E-state index is 1.14. The molecule has 0 aliphatic carbocycles. The predicted molar refractivity (Wildman–Crippen MR) is 177 cm³/mol. The Morgan fingerprint density at radius 1 is 0.436 bits per heavy atom. The minimum Gasteiger partial charge on any atom is -0.256 e. The van der Waals surface area contributed by atoms with Crippen LogP contribution in [0.3, 0.4) is 0 Å². The molecular formula is C38H68N. The van der Waals surface area contributed by atoms with E-state index in [9.17, 15) is 0 Å². The van der Waals surface area contributed by atoms with E-state index in [1.54, 1.807) is 0 Å². The smallest absolute Gasteiger partial charge is 0.0699 e. The number of hydrogen-bond acceptors (Lipinski definition) is 0. The zero-order valence-electron chi connectivity index (χ0n) is 26.7. The largest absolute Gasteiger partial charge is 0.256 e. The molecule has 1 heteroatoms. The lowest BCUT2D eigenvalue weighted by atomic mass is 10.0. The van der Waals surface area contributed by atoms with Crippen LogP contribution in [0.2, 0.25) is 0 Å². The van der Waals surface area contributed by atoms with Gasteiger partial charge in [-0.2, -0.15) is 0 Å². The molecule has 0 aromatic heterocycles. The van der Waals surface area contributed by atoms with Gasteiger partial charge < -0.3 is 0 Å². The summed E-state index contributed by atoms with van der Waals surface area (Å²) in [5, 5.41) is 4.57. The van der Waals surface area contributed by atoms with Crippen LogP contribution >= 0.6 is 0 Å². The maximum absolute atomic E-state index is 4.57. The Hall–Kier alpha value is -1.24. The molecule has 0 saturated heterocycles. The summed E-state index contributed by atoms with van der Waals surface area (Å²) in [6.07, 6.45) is 52.7. The average molecular weight is 539 g/mol. The van der Waals surface area contributed by atoms with Crippen molar-refractivity contribution in [1.82, 2.24) is 5.32 Å². The number of rotatable bonds is 30. The van der Waals surface area contributed by atoms with Gasteiger partial charge in [0, 0.05) is 11.8 Å². The first kappa shape index (κ1) is 35.8. The SMILES string of the molecule is CCCCCCCCCCCCCCCC=CC1=C(C=CCCCCCCCCCCCCCCC)[N]C=C1. The van der Waals surface area contributed by atoms with Crippen LogP contribution in [-0.2, 0) is 0 Å². The molecular weight excluding hydrogens is 470 g/mol. The highest BCUT2D eigenvalue weighted by Gasteiger charge is 2.04. The molecule has 0 amide bonds. The molecule has 0 aromatic rings. The average Bonchev–Trinajstić information content (AvgIpc) is 3.40. The van der Waals surface area contributed by atoms with Gasteiger partial charge >= 0.3 is 0 Å². The normalized spacial score (nSPS) is 13.5. The van der Waals surface area contributed by atoms with Crippen LogP contribution in [-0.4, -0.2) is 0 Å². The molecule has 1 rings (SSSR count). The molecule has 39 heavy (non-hydrogen) atoms. The van der Waals surface area contributed by atoms with Crippen LogP contribution in [0.1, 0.15) is 194 Å². The Bertz CT molecular complexity index is 623. The van der Waals surface area contributed by atoms with Gasteiger partial charge in [-0.3, -0.25) is 5.32 Å². The molecule has 0 fully saturated rings. The summed E-state index contributed by atoms with van der Waals surface area (Å²) in [5.41, 5.74) is 2.43. The van der Waals surface area contributed by atoms with Crippen LogP contribution < -0.4 is 5.32 Å². The van der Waals surface area contributed by atoms with Gasteiger partial charge in [-0.25, -0.2) is 0 Å². The van der Waals surface area contributed by atoms with E-state index < -0.39 is 0 Å². The third-order valence-electron chi connectivity index (χ3n) is 8.29. The van der Waals surface area contributed by atoms with E-state index in [4.69, 9.17) is 0 Å². The first-order chi connectivity index (χ1) is 19.4. The molecule has 1 heterocycles. The van der Waals surface area contributed by atoms with Crippen molar-refractivity contribution in [1.29, 1.82) is 0 Å². The first-order valence-electron chi connectivity index (χ1n) is 17.8. The second-order valence-corrected chi connectivity index (χ2v) is 12.2. The lowest BCUT2D eigenvalue weighted by molar-refractivity contribution is 0.540. The van der Waals surface area contributed by atoms with Gasteiger partial charge in [0.2, 0.25) is 0 Å². The molecule has 0 N–H and O–H groups in total. The van der Waals surface area contributed by atoms with Crippen LogP contribution in [0.5, 0.6) is 0 Å². The molecule has 1 aliphatic rings. The molecule has 0 saturated carbocycles. The molecule has 0 spiro atoms. The molecule has 1 aliphatic heterocycles. The van der Waals surface area contributed by atoms with Crippen LogP contribution in [0.25, 0.3) is 0 Å². The van der Waals surface area contributed by atoms with E-state index in [1.165, 1.54) is 185 Å². The van der Waals surface area contributed by atoms with Gasteiger partial charge in [-0.05, 0) is 37.8 Å². The number of allylic oxidation sites excluding steroid dienone is 6. The van der Waals surface area contributed by atoms with Crippen LogP contribution in [0.15, 0.2) is 47.9 Å². The fourth-order valence-corrected chi connectivity index (χ4v) is 5.60. The van der Waals surface area contributed by atoms with Crippen molar-refractivity contribution in [2.24, 2.45) is 0 Å². The van der Waals surface area contributed by atoms with E-state index in [2.05, 4.69) is 49.5 Å². The summed E-state index contributed by atoms with van der Waals surface area (Å²) in [6.45, 7) is 4.60. The Morgan fingerprint density at radius 2 is 0.769 bits per heavy atom. The van der Waals surface area contributed by atoms with Crippen molar-refractivity contribution < 1.29 is 0 Å². The lowest BCUT2D eigenvalue weighted by Gasteiger charge is -2.03. The van der Waals surface area contributed by atoms with Crippen molar-refractivity contribution in [3.8, 4) is 0 Å². The maximum atomic E-state index is 4.57. The zero-order valence-corrected chi connectivity index (χ0v) is 26.7. The van der Waals surface area contributed by atoms with Crippen molar-refractivity contribution in [3.63, 3.8) is 0 Å². The van der Waals surface area contributed by atoms with Gasteiger partial charge in [0.15, 0.2) is 0 Å². The molecule has 1 nitrogen and oxygen atoms in total. The summed E-state index contributed by atoms with van der Waals surface area (Å²) in [4.78, 5) is 0. The Morgan fingerprint density at radius 3 is 1.15 bits per heavy atom. The van der Waals surface area contributed by atoms with Gasteiger partial charge in [0.25, 0.3) is 0 Å². The predicted octanol–water partition coefficient (Wildman–Crippen LogP) is 13.4. The number of unbranched alkanes of at least 4 members (excludes halogenated alkanes) is 26. The van der Waals surface area contributed by atoms with E-state index in [0.29, 0.717) is 0 Å². The summed E-state index contributed by atoms with van der Waals surface area (Å²) in [7, 11) is 0. The number of nitrogens with zero attached hydrogens (tertiary/aromatic N) is 1. The van der Waals surface area contributed by atoms with E-state index >= 15 is 0 Å². The summed E-state index contributed by atoms with van der Waals surface area (Å²) in [5.74, 6) is 0. The van der Waals surface area contributed by atoms with E-state index in [-0.39, 0.29) is 0 Å². The van der Waals surface area contributed by atoms with Crippen molar-refractivity contribution in [2.45, 2.75) is 194 Å². The highest BCUT2D eigenvalue weighted by atomic mass is 14.9. The second-order valence-electron chi connectivity index (χ2n) is 12.2. The fourth-order valence-electron chi connectivity index (χ4n) is 5.60. The highest BCUT2D eigenvalue weighted by Crippen LogP contribution is 2.18. The third-order valence-corrected chi connectivity index (χ3v) is 8.29. The standard InChI is InChI=1S/C38H68N/c1-3-5-7-9-11-13-15-17-19-21-23-25-27-29-31-33-37-35-36-39-38(37)34-32-30-28-26-24-22-20-18-16-14-12-10-8-6-4-2/h31-36H,3-30H2,1-2H3. The summed E-state index contributed by atoms with van der Waals surface area (Å²) >= 11 is 0. The Labute approximate surface area is 246 Å². The third kappa shape index (κ3) is 24.3. The van der Waals surface area contributed by atoms with Gasteiger partial charge in [0.05, 0.1) is 5.70 Å². The molecule has 1 radical (unpaired) electrons. The zero-order chi connectivity index (χ0) is 27.9. The van der Waals surface area contributed by atoms with Crippen LogP contribution in [0.4, 0.5) is 0 Å². The van der Waals surface area contributed by atoms with Crippen molar-refractivity contribution in [2.75, 3.05) is 0 Å². The monoisotopic (exact) mass is 539 g/mol.